The fourth-order valence-corrected chi connectivity index (χ4v) is 2.90. The van der Waals surface area contributed by atoms with E-state index in [-0.39, 0.29) is 23.3 Å². The van der Waals surface area contributed by atoms with Crippen LogP contribution in [0.3, 0.4) is 0 Å². The van der Waals surface area contributed by atoms with Gasteiger partial charge in [0.25, 0.3) is 0 Å². The molecule has 0 aromatic carbocycles. The lowest BCUT2D eigenvalue weighted by molar-refractivity contribution is -0.118. The summed E-state index contributed by atoms with van der Waals surface area (Å²) in [4.78, 5) is 21.9. The topological polar surface area (TPSA) is 66.3 Å². The van der Waals surface area contributed by atoms with E-state index in [2.05, 4.69) is 9.97 Å². The second-order valence-corrected chi connectivity index (χ2v) is 5.23. The van der Waals surface area contributed by atoms with E-state index in [9.17, 15) is 9.90 Å². The first-order valence-corrected chi connectivity index (χ1v) is 6.54. The summed E-state index contributed by atoms with van der Waals surface area (Å²) in [6.07, 6.45) is 4.85. The van der Waals surface area contributed by atoms with Gasteiger partial charge in [0.1, 0.15) is 5.82 Å². The smallest absolute Gasteiger partial charge is 0.233 e. The van der Waals surface area contributed by atoms with E-state index >= 15 is 0 Å². The zero-order valence-electron chi connectivity index (χ0n) is 9.84. The monoisotopic (exact) mass is 267 g/mol. The summed E-state index contributed by atoms with van der Waals surface area (Å²) >= 11 is 5.80. The summed E-state index contributed by atoms with van der Waals surface area (Å²) in [5.74, 6) is 0.712. The number of halogens is 1. The first-order valence-electron chi connectivity index (χ1n) is 6.16. The van der Waals surface area contributed by atoms with Crippen LogP contribution in [0.5, 0.6) is 0 Å². The summed E-state index contributed by atoms with van der Waals surface area (Å²) in [7, 11) is 0. The lowest BCUT2D eigenvalue weighted by atomic mass is 9.92. The van der Waals surface area contributed by atoms with Crippen LogP contribution in [-0.2, 0) is 11.2 Å². The molecule has 0 unspecified atom stereocenters. The van der Waals surface area contributed by atoms with Crippen molar-refractivity contribution in [2.45, 2.75) is 44.2 Å². The maximum absolute atomic E-state index is 12.1. The molecule has 1 aliphatic heterocycles. The zero-order valence-corrected chi connectivity index (χ0v) is 10.6. The molecule has 1 fully saturated rings. The molecule has 2 aliphatic rings. The minimum absolute atomic E-state index is 0.0583. The van der Waals surface area contributed by atoms with Gasteiger partial charge in [0, 0.05) is 17.8 Å². The molecule has 1 aromatic heterocycles. The number of carbonyl (C=O) groups excluding carboxylic acids is 1. The van der Waals surface area contributed by atoms with Gasteiger partial charge < -0.3 is 5.11 Å². The molecule has 1 saturated carbocycles. The van der Waals surface area contributed by atoms with E-state index in [0.717, 1.165) is 31.2 Å². The first-order chi connectivity index (χ1) is 8.65. The zero-order chi connectivity index (χ0) is 12.7. The predicted molar refractivity (Wildman–Crippen MR) is 66.5 cm³/mol. The Morgan fingerprint density at radius 2 is 2.06 bits per heavy atom. The minimum atomic E-state index is -0.229. The van der Waals surface area contributed by atoms with Crippen LogP contribution in [0.1, 0.15) is 31.2 Å². The van der Waals surface area contributed by atoms with Crippen molar-refractivity contribution >= 4 is 23.3 Å². The van der Waals surface area contributed by atoms with Gasteiger partial charge in [-0.15, -0.1) is 0 Å². The molecule has 6 heteroatoms. The molecule has 0 saturated heterocycles. The van der Waals surface area contributed by atoms with Crippen molar-refractivity contribution in [3.05, 3.63) is 17.0 Å². The average Bonchev–Trinajstić information content (AvgIpc) is 2.66. The van der Waals surface area contributed by atoms with E-state index in [4.69, 9.17) is 11.6 Å². The maximum atomic E-state index is 12.1. The molecule has 1 aromatic rings. The molecule has 3 rings (SSSR count). The molecule has 18 heavy (non-hydrogen) atoms. The Kier molecular flexibility index (Phi) is 2.95. The molecule has 0 radical (unpaired) electrons. The SMILES string of the molecule is O=C1Cc2cnc(Cl)nc2N1C1CCC(O)CC1. The van der Waals surface area contributed by atoms with Crippen LogP contribution < -0.4 is 4.90 Å². The maximum Gasteiger partial charge on any atom is 0.233 e. The number of rotatable bonds is 1. The number of hydrogen-bond donors (Lipinski definition) is 1. The lowest BCUT2D eigenvalue weighted by Gasteiger charge is -2.32. The third kappa shape index (κ3) is 1.97. The molecule has 96 valence electrons. The predicted octanol–water partition coefficient (Wildman–Crippen LogP) is 1.32. The summed E-state index contributed by atoms with van der Waals surface area (Å²) in [6, 6.07) is 0.133. The van der Waals surface area contributed by atoms with Crippen molar-refractivity contribution in [2.24, 2.45) is 0 Å². The molecule has 0 spiro atoms. The number of amides is 1. The van der Waals surface area contributed by atoms with Gasteiger partial charge in [-0.05, 0) is 37.3 Å². The van der Waals surface area contributed by atoms with Gasteiger partial charge in [0.2, 0.25) is 11.2 Å². The van der Waals surface area contributed by atoms with Crippen molar-refractivity contribution in [1.82, 2.24) is 9.97 Å². The quantitative estimate of drug-likeness (QED) is 0.780. The van der Waals surface area contributed by atoms with Crippen LogP contribution in [0, 0.1) is 0 Å². The Morgan fingerprint density at radius 3 is 2.78 bits per heavy atom. The molecule has 0 atom stereocenters. The number of nitrogens with zero attached hydrogens (tertiary/aromatic N) is 3. The molecular formula is C12H14ClN3O2. The number of hydrogen-bond acceptors (Lipinski definition) is 4. The van der Waals surface area contributed by atoms with Crippen LogP contribution >= 0.6 is 11.6 Å². The normalized spacial score (nSPS) is 27.4. The second kappa shape index (κ2) is 4.48. The van der Waals surface area contributed by atoms with Crippen LogP contribution in [0.25, 0.3) is 0 Å². The van der Waals surface area contributed by atoms with Gasteiger partial charge in [-0.3, -0.25) is 9.69 Å². The lowest BCUT2D eigenvalue weighted by Crippen LogP contribution is -2.41. The highest BCUT2D eigenvalue weighted by Crippen LogP contribution is 2.33. The fraction of sp³-hybridized carbons (Fsp3) is 0.583. The van der Waals surface area contributed by atoms with Crippen molar-refractivity contribution in [3.8, 4) is 0 Å². The highest BCUT2D eigenvalue weighted by molar-refractivity contribution is 6.28. The van der Waals surface area contributed by atoms with Crippen LogP contribution in [0.4, 0.5) is 5.82 Å². The standard InChI is InChI=1S/C12H14ClN3O2/c13-12-14-6-7-5-10(18)16(11(7)15-12)8-1-3-9(17)4-2-8/h6,8-9,17H,1-5H2. The Hall–Kier alpha value is -1.20. The van der Waals surface area contributed by atoms with Gasteiger partial charge in [-0.25, -0.2) is 4.98 Å². The van der Waals surface area contributed by atoms with E-state index < -0.39 is 0 Å². The van der Waals surface area contributed by atoms with E-state index in [1.54, 1.807) is 11.1 Å². The van der Waals surface area contributed by atoms with E-state index in [1.165, 1.54) is 0 Å². The molecule has 0 bridgehead atoms. The molecule has 2 heterocycles. The molecular weight excluding hydrogens is 254 g/mol. The Bertz CT molecular complexity index is 486. The summed E-state index contributed by atoms with van der Waals surface area (Å²) in [5, 5.41) is 9.70. The minimum Gasteiger partial charge on any atom is -0.393 e. The van der Waals surface area contributed by atoms with Crippen LogP contribution in [0.15, 0.2) is 6.20 Å². The number of fused-ring (bicyclic) bond motifs is 1. The average molecular weight is 268 g/mol. The third-order valence-electron chi connectivity index (χ3n) is 3.68. The Labute approximate surface area is 110 Å². The van der Waals surface area contributed by atoms with Crippen molar-refractivity contribution < 1.29 is 9.90 Å². The van der Waals surface area contributed by atoms with Crippen LogP contribution in [-0.4, -0.2) is 33.1 Å². The number of anilines is 1. The summed E-state index contributed by atoms with van der Waals surface area (Å²) in [5.41, 5.74) is 0.843. The van der Waals surface area contributed by atoms with E-state index in [0.29, 0.717) is 12.2 Å². The summed E-state index contributed by atoms with van der Waals surface area (Å²) in [6.45, 7) is 0. The summed E-state index contributed by atoms with van der Waals surface area (Å²) < 4.78 is 0. The van der Waals surface area contributed by atoms with Crippen LogP contribution in [0.2, 0.25) is 5.28 Å². The number of aliphatic hydroxyl groups excluding tert-OH is 1. The molecule has 1 aliphatic carbocycles. The van der Waals surface area contributed by atoms with Gasteiger partial charge >= 0.3 is 0 Å². The van der Waals surface area contributed by atoms with E-state index in [1.807, 2.05) is 0 Å². The van der Waals surface area contributed by atoms with Gasteiger partial charge in [-0.2, -0.15) is 4.98 Å². The van der Waals surface area contributed by atoms with Crippen molar-refractivity contribution in [3.63, 3.8) is 0 Å². The van der Waals surface area contributed by atoms with Gasteiger partial charge in [-0.1, -0.05) is 0 Å². The highest BCUT2D eigenvalue weighted by Gasteiger charge is 2.36. The Morgan fingerprint density at radius 1 is 1.33 bits per heavy atom. The number of carbonyl (C=O) groups is 1. The molecule has 1 N–H and O–H groups in total. The number of aromatic nitrogens is 2. The van der Waals surface area contributed by atoms with Crippen molar-refractivity contribution in [2.75, 3.05) is 4.90 Å². The van der Waals surface area contributed by atoms with Crippen molar-refractivity contribution in [1.29, 1.82) is 0 Å². The molecule has 5 nitrogen and oxygen atoms in total. The van der Waals surface area contributed by atoms with Gasteiger partial charge in [0.15, 0.2) is 0 Å². The van der Waals surface area contributed by atoms with Gasteiger partial charge in [0.05, 0.1) is 12.5 Å². The second-order valence-electron chi connectivity index (χ2n) is 4.89. The fourth-order valence-electron chi connectivity index (χ4n) is 2.77. The first kappa shape index (κ1) is 11.9. The molecule has 1 amide bonds. The Balaban J connectivity index is 1.89. The highest BCUT2D eigenvalue weighted by atomic mass is 35.5. The largest absolute Gasteiger partial charge is 0.393 e. The number of aliphatic hydroxyl groups is 1. The third-order valence-corrected chi connectivity index (χ3v) is 3.86.